The lowest BCUT2D eigenvalue weighted by atomic mass is 10.1. The average molecular weight is 462 g/mol. The van der Waals surface area contributed by atoms with Crippen molar-refractivity contribution >= 4 is 40.0 Å². The maximum atomic E-state index is 13.3. The molecule has 0 radical (unpaired) electrons. The summed E-state index contributed by atoms with van der Waals surface area (Å²) in [5.74, 6) is 0.349. The lowest BCUT2D eigenvalue weighted by Crippen LogP contribution is -2.30. The molecule has 9 heteroatoms. The van der Waals surface area contributed by atoms with Crippen LogP contribution in [0.5, 0.6) is 0 Å². The molecule has 1 aliphatic heterocycles. The van der Waals surface area contributed by atoms with Gasteiger partial charge in [0.15, 0.2) is 0 Å². The third-order valence-corrected chi connectivity index (χ3v) is 5.99. The average Bonchev–Trinajstić information content (AvgIpc) is 3.03. The van der Waals surface area contributed by atoms with Crippen molar-refractivity contribution in [3.63, 3.8) is 0 Å². The van der Waals surface area contributed by atoms with Crippen LogP contribution in [0.25, 0.3) is 10.9 Å². The summed E-state index contributed by atoms with van der Waals surface area (Å²) in [4.78, 5) is 40.5. The molecule has 2 aromatic carbocycles. The molecule has 0 saturated carbocycles. The Labute approximate surface area is 188 Å². The number of nitrogens with zero attached hydrogens (tertiary/aromatic N) is 2. The van der Waals surface area contributed by atoms with E-state index in [0.717, 1.165) is 18.4 Å². The highest BCUT2D eigenvalue weighted by Crippen LogP contribution is 2.23. The predicted octanol–water partition coefficient (Wildman–Crippen LogP) is 4.22. The van der Waals surface area contributed by atoms with Crippen LogP contribution in [-0.4, -0.2) is 28.7 Å². The first kappa shape index (κ1) is 21.8. The van der Waals surface area contributed by atoms with E-state index in [1.54, 1.807) is 28.8 Å². The van der Waals surface area contributed by atoms with Gasteiger partial charge in [-0.25, -0.2) is 14.8 Å². The number of aromatic nitrogens is 2. The number of benzene rings is 2. The van der Waals surface area contributed by atoms with Gasteiger partial charge in [0.1, 0.15) is 12.4 Å². The number of halogens is 2. The van der Waals surface area contributed by atoms with Crippen LogP contribution >= 0.6 is 23.2 Å². The van der Waals surface area contributed by atoms with Gasteiger partial charge >= 0.3 is 0 Å². The van der Waals surface area contributed by atoms with Gasteiger partial charge in [0, 0.05) is 12.1 Å². The molecular weight excluding hydrogens is 441 g/mol. The van der Waals surface area contributed by atoms with Crippen LogP contribution in [-0.2, 0) is 16.3 Å². The van der Waals surface area contributed by atoms with Gasteiger partial charge in [-0.1, -0.05) is 29.3 Å². The second-order valence-corrected chi connectivity index (χ2v) is 8.21. The zero-order valence-electron chi connectivity index (χ0n) is 16.9. The number of amides is 1. The monoisotopic (exact) mass is 461 g/mol. The zero-order chi connectivity index (χ0) is 22.0. The molecular formula is C22H21Cl2N3O4. The smallest absolute Gasteiger partial charge is 0.261 e. The van der Waals surface area contributed by atoms with E-state index in [1.165, 1.54) is 6.07 Å². The molecule has 1 atom stereocenters. The number of carbonyl (C=O) groups is 1. The van der Waals surface area contributed by atoms with Crippen molar-refractivity contribution in [2.24, 2.45) is 0 Å². The number of nitrogens with one attached hydrogen (secondary N) is 1. The SMILES string of the molecule is Cc1nc2ccc(CNC(=O)c3ccc(Cl)c(Cl)c3)cc2c(=O)n1C1CCCOOC1. The molecule has 1 aliphatic rings. The normalized spacial score (nSPS) is 16.8. The quantitative estimate of drug-likeness (QED) is 0.587. The third-order valence-electron chi connectivity index (χ3n) is 5.25. The summed E-state index contributed by atoms with van der Waals surface area (Å²) < 4.78 is 1.68. The first-order valence-electron chi connectivity index (χ1n) is 9.93. The summed E-state index contributed by atoms with van der Waals surface area (Å²) in [7, 11) is 0. The molecule has 0 aliphatic carbocycles. The summed E-state index contributed by atoms with van der Waals surface area (Å²) in [6, 6.07) is 9.97. The minimum atomic E-state index is -0.284. The van der Waals surface area contributed by atoms with Crippen LogP contribution in [0.4, 0.5) is 0 Å². The summed E-state index contributed by atoms with van der Waals surface area (Å²) in [6.45, 7) is 2.88. The Kier molecular flexibility index (Phi) is 6.57. The van der Waals surface area contributed by atoms with Crippen molar-refractivity contribution in [1.82, 2.24) is 14.9 Å². The fourth-order valence-corrected chi connectivity index (χ4v) is 3.97. The van der Waals surface area contributed by atoms with Crippen molar-refractivity contribution in [3.8, 4) is 0 Å². The number of rotatable bonds is 4. The lowest BCUT2D eigenvalue weighted by Gasteiger charge is -2.19. The van der Waals surface area contributed by atoms with Crippen molar-refractivity contribution in [3.05, 3.63) is 73.7 Å². The van der Waals surface area contributed by atoms with E-state index in [0.29, 0.717) is 45.5 Å². The van der Waals surface area contributed by atoms with E-state index in [4.69, 9.17) is 33.0 Å². The molecule has 31 heavy (non-hydrogen) atoms. The topological polar surface area (TPSA) is 82.5 Å². The number of aryl methyl sites for hydroxylation is 1. The Hall–Kier alpha value is -2.45. The second kappa shape index (κ2) is 9.36. The van der Waals surface area contributed by atoms with E-state index in [1.807, 2.05) is 13.0 Å². The highest BCUT2D eigenvalue weighted by Gasteiger charge is 2.20. The highest BCUT2D eigenvalue weighted by molar-refractivity contribution is 6.42. The van der Waals surface area contributed by atoms with E-state index < -0.39 is 0 Å². The molecule has 1 saturated heterocycles. The molecule has 1 fully saturated rings. The first-order chi connectivity index (χ1) is 14.9. The molecule has 1 unspecified atom stereocenters. The van der Waals surface area contributed by atoms with Crippen LogP contribution in [0.15, 0.2) is 41.2 Å². The molecule has 1 aromatic heterocycles. The Balaban J connectivity index is 1.58. The van der Waals surface area contributed by atoms with Crippen molar-refractivity contribution in [1.29, 1.82) is 0 Å². The van der Waals surface area contributed by atoms with Gasteiger partial charge in [0.05, 0.1) is 33.6 Å². The zero-order valence-corrected chi connectivity index (χ0v) is 18.4. The molecule has 7 nitrogen and oxygen atoms in total. The first-order valence-corrected chi connectivity index (χ1v) is 10.7. The summed E-state index contributed by atoms with van der Waals surface area (Å²) in [6.07, 6.45) is 1.57. The highest BCUT2D eigenvalue weighted by atomic mass is 35.5. The Bertz CT molecular complexity index is 1190. The van der Waals surface area contributed by atoms with Crippen molar-refractivity contribution in [2.45, 2.75) is 32.4 Å². The fraction of sp³-hybridized carbons (Fsp3) is 0.318. The Morgan fingerprint density at radius 2 is 2.03 bits per heavy atom. The lowest BCUT2D eigenvalue weighted by molar-refractivity contribution is -0.291. The van der Waals surface area contributed by atoms with Crippen LogP contribution in [0, 0.1) is 6.92 Å². The number of carbonyl (C=O) groups excluding carboxylic acids is 1. The molecule has 0 bridgehead atoms. The van der Waals surface area contributed by atoms with Gasteiger partial charge in [0.2, 0.25) is 0 Å². The van der Waals surface area contributed by atoms with Gasteiger partial charge < -0.3 is 5.32 Å². The Morgan fingerprint density at radius 1 is 1.19 bits per heavy atom. The maximum absolute atomic E-state index is 13.3. The maximum Gasteiger partial charge on any atom is 0.261 e. The standard InChI is InChI=1S/C22H21Cl2N3O4/c1-13-26-20-7-4-14(11-25-21(28)15-5-6-18(23)19(24)10-15)9-17(20)22(29)27(13)16-3-2-8-30-31-12-16/h4-7,9-10,16H,2-3,8,11-12H2,1H3,(H,25,28). The summed E-state index contributed by atoms with van der Waals surface area (Å²) in [5.41, 5.74) is 1.68. The van der Waals surface area contributed by atoms with Crippen molar-refractivity contribution < 1.29 is 14.6 Å². The predicted molar refractivity (Wildman–Crippen MR) is 119 cm³/mol. The fourth-order valence-electron chi connectivity index (χ4n) is 3.67. The van der Waals surface area contributed by atoms with Gasteiger partial charge in [0.25, 0.3) is 11.5 Å². The minimum Gasteiger partial charge on any atom is -0.348 e. The third kappa shape index (κ3) is 4.75. The van der Waals surface area contributed by atoms with Gasteiger partial charge in [-0.3, -0.25) is 14.2 Å². The van der Waals surface area contributed by atoms with Gasteiger partial charge in [-0.2, -0.15) is 0 Å². The summed E-state index contributed by atoms with van der Waals surface area (Å²) >= 11 is 11.9. The van der Waals surface area contributed by atoms with E-state index in [2.05, 4.69) is 10.3 Å². The molecule has 1 N–H and O–H groups in total. The molecule has 3 aromatic rings. The van der Waals surface area contributed by atoms with Gasteiger partial charge in [-0.05, 0) is 55.7 Å². The molecule has 162 valence electrons. The van der Waals surface area contributed by atoms with Gasteiger partial charge in [-0.15, -0.1) is 0 Å². The number of hydrogen-bond acceptors (Lipinski definition) is 5. The van der Waals surface area contributed by atoms with E-state index >= 15 is 0 Å². The van der Waals surface area contributed by atoms with Crippen LogP contribution < -0.4 is 10.9 Å². The minimum absolute atomic E-state index is 0.129. The Morgan fingerprint density at radius 3 is 2.84 bits per heavy atom. The van der Waals surface area contributed by atoms with Crippen LogP contribution in [0.1, 0.15) is 40.6 Å². The number of hydrogen-bond donors (Lipinski definition) is 1. The van der Waals surface area contributed by atoms with Crippen LogP contribution in [0.2, 0.25) is 10.0 Å². The summed E-state index contributed by atoms with van der Waals surface area (Å²) in [5, 5.41) is 4.04. The van der Waals surface area contributed by atoms with E-state index in [-0.39, 0.29) is 24.1 Å². The molecule has 2 heterocycles. The largest absolute Gasteiger partial charge is 0.348 e. The van der Waals surface area contributed by atoms with E-state index in [9.17, 15) is 9.59 Å². The van der Waals surface area contributed by atoms with Crippen LogP contribution in [0.3, 0.4) is 0 Å². The molecule has 1 amide bonds. The molecule has 4 rings (SSSR count). The second-order valence-electron chi connectivity index (χ2n) is 7.40. The molecule has 0 spiro atoms. The number of fused-ring (bicyclic) bond motifs is 1. The van der Waals surface area contributed by atoms with Crippen molar-refractivity contribution in [2.75, 3.05) is 13.2 Å².